The van der Waals surface area contributed by atoms with Crippen molar-refractivity contribution >= 4 is 5.65 Å². The van der Waals surface area contributed by atoms with Crippen LogP contribution in [0, 0.1) is 6.92 Å². The lowest BCUT2D eigenvalue weighted by Gasteiger charge is -2.36. The number of hydrogen-bond donors (Lipinski definition) is 0. The molecule has 0 radical (unpaired) electrons. The molecular formula is C30H24N4. The number of aryl methyl sites for hydroxylation is 1. The van der Waals surface area contributed by atoms with E-state index in [1.807, 2.05) is 22.9 Å². The van der Waals surface area contributed by atoms with E-state index < -0.39 is 5.54 Å². The van der Waals surface area contributed by atoms with Crippen LogP contribution in [0.15, 0.2) is 128 Å². The van der Waals surface area contributed by atoms with Crippen molar-refractivity contribution in [2.45, 2.75) is 12.5 Å². The van der Waals surface area contributed by atoms with Gasteiger partial charge in [0.05, 0.1) is 5.69 Å². The molecule has 0 bridgehead atoms. The number of rotatable bonds is 5. The zero-order valence-corrected chi connectivity index (χ0v) is 18.9. The van der Waals surface area contributed by atoms with E-state index in [0.29, 0.717) is 0 Å². The zero-order chi connectivity index (χ0) is 23.0. The van der Waals surface area contributed by atoms with E-state index in [9.17, 15) is 0 Å². The molecule has 0 aliphatic carbocycles. The highest BCUT2D eigenvalue weighted by molar-refractivity contribution is 5.67. The molecule has 164 valence electrons. The first-order valence-electron chi connectivity index (χ1n) is 11.4. The van der Waals surface area contributed by atoms with Gasteiger partial charge in [0.2, 0.25) is 0 Å². The maximum Gasteiger partial charge on any atom is 0.138 e. The number of nitrogens with zero attached hydrogens (tertiary/aromatic N) is 4. The molecule has 0 aliphatic heterocycles. The predicted molar refractivity (Wildman–Crippen MR) is 136 cm³/mol. The van der Waals surface area contributed by atoms with Crippen LogP contribution in [0.3, 0.4) is 0 Å². The molecular weight excluding hydrogens is 416 g/mol. The molecule has 0 N–H and O–H groups in total. The number of hydrogen-bond acceptors (Lipinski definition) is 2. The Bertz CT molecular complexity index is 1450. The molecule has 34 heavy (non-hydrogen) atoms. The molecule has 0 saturated carbocycles. The van der Waals surface area contributed by atoms with Gasteiger partial charge in [0, 0.05) is 35.9 Å². The molecule has 0 aliphatic rings. The van der Waals surface area contributed by atoms with Crippen molar-refractivity contribution in [3.05, 3.63) is 150 Å². The first-order valence-corrected chi connectivity index (χ1v) is 11.4. The molecule has 0 amide bonds. The van der Waals surface area contributed by atoms with Crippen LogP contribution in [0.4, 0.5) is 0 Å². The van der Waals surface area contributed by atoms with Gasteiger partial charge in [0.15, 0.2) is 0 Å². The van der Waals surface area contributed by atoms with Crippen LogP contribution in [0.25, 0.3) is 16.8 Å². The van der Waals surface area contributed by atoms with Crippen LogP contribution in [0.1, 0.15) is 22.4 Å². The average molecular weight is 441 g/mol. The van der Waals surface area contributed by atoms with Crippen molar-refractivity contribution in [3.63, 3.8) is 0 Å². The maximum atomic E-state index is 5.15. The summed E-state index contributed by atoms with van der Waals surface area (Å²) < 4.78 is 4.18. The van der Waals surface area contributed by atoms with Crippen LogP contribution < -0.4 is 0 Å². The van der Waals surface area contributed by atoms with Gasteiger partial charge < -0.3 is 4.40 Å². The fraction of sp³-hybridized carbons (Fsp3) is 0.0667. The molecule has 0 fully saturated rings. The minimum atomic E-state index is -0.619. The SMILES string of the molecule is Cc1nn(C(c2ccccc2)(c2ccccc2)c2ccccc2)cc1-c1ccc2nccn2c1. The molecule has 6 aromatic rings. The van der Waals surface area contributed by atoms with Gasteiger partial charge in [-0.05, 0) is 35.7 Å². The number of pyridine rings is 1. The third-order valence-corrected chi connectivity index (χ3v) is 6.52. The number of benzene rings is 3. The second-order valence-electron chi connectivity index (χ2n) is 8.49. The van der Waals surface area contributed by atoms with Crippen LogP contribution in [0.5, 0.6) is 0 Å². The number of aromatic nitrogens is 4. The highest BCUT2D eigenvalue weighted by atomic mass is 15.3. The Morgan fingerprint density at radius 1 is 0.647 bits per heavy atom. The molecule has 4 nitrogen and oxygen atoms in total. The summed E-state index contributed by atoms with van der Waals surface area (Å²) in [4.78, 5) is 4.38. The number of imidazole rings is 1. The Labute approximate surface area is 198 Å². The molecule has 0 saturated heterocycles. The highest BCUT2D eigenvalue weighted by Crippen LogP contribution is 2.41. The van der Waals surface area contributed by atoms with Crippen LogP contribution >= 0.6 is 0 Å². The molecule has 3 aromatic carbocycles. The topological polar surface area (TPSA) is 35.1 Å². The summed E-state index contributed by atoms with van der Waals surface area (Å²) in [6.07, 6.45) is 8.09. The van der Waals surface area contributed by atoms with E-state index >= 15 is 0 Å². The van der Waals surface area contributed by atoms with Gasteiger partial charge in [-0.1, -0.05) is 91.0 Å². The Kier molecular flexibility index (Phi) is 4.84. The predicted octanol–water partition coefficient (Wildman–Crippen LogP) is 6.35. The van der Waals surface area contributed by atoms with E-state index in [1.54, 1.807) is 0 Å². The highest BCUT2D eigenvalue weighted by Gasteiger charge is 2.39. The third-order valence-electron chi connectivity index (χ3n) is 6.52. The molecule has 0 atom stereocenters. The van der Waals surface area contributed by atoms with Crippen LogP contribution in [-0.2, 0) is 5.54 Å². The summed E-state index contributed by atoms with van der Waals surface area (Å²) >= 11 is 0. The average Bonchev–Trinajstić information content (AvgIpc) is 3.53. The van der Waals surface area contributed by atoms with Crippen molar-refractivity contribution in [3.8, 4) is 11.1 Å². The smallest absolute Gasteiger partial charge is 0.138 e. The minimum Gasteiger partial charge on any atom is -0.306 e. The quantitative estimate of drug-likeness (QED) is 0.293. The van der Waals surface area contributed by atoms with Gasteiger partial charge in [0.25, 0.3) is 0 Å². The van der Waals surface area contributed by atoms with Gasteiger partial charge in [-0.25, -0.2) is 4.98 Å². The summed E-state index contributed by atoms with van der Waals surface area (Å²) in [6, 6.07) is 36.1. The largest absolute Gasteiger partial charge is 0.306 e. The lowest BCUT2D eigenvalue weighted by molar-refractivity contribution is 0.458. The van der Waals surface area contributed by atoms with Crippen LogP contribution in [-0.4, -0.2) is 19.2 Å². The maximum absolute atomic E-state index is 5.15. The van der Waals surface area contributed by atoms with Crippen molar-refractivity contribution < 1.29 is 0 Å². The van der Waals surface area contributed by atoms with E-state index in [1.165, 1.54) is 0 Å². The fourth-order valence-corrected chi connectivity index (χ4v) is 4.93. The van der Waals surface area contributed by atoms with E-state index in [-0.39, 0.29) is 0 Å². The van der Waals surface area contributed by atoms with E-state index in [0.717, 1.165) is 39.2 Å². The third kappa shape index (κ3) is 3.15. The Morgan fingerprint density at radius 2 is 1.21 bits per heavy atom. The molecule has 3 aromatic heterocycles. The van der Waals surface area contributed by atoms with Crippen molar-refractivity contribution in [2.75, 3.05) is 0 Å². The second-order valence-corrected chi connectivity index (χ2v) is 8.49. The van der Waals surface area contributed by atoms with Gasteiger partial charge in [-0.15, -0.1) is 0 Å². The van der Waals surface area contributed by atoms with E-state index in [2.05, 4.69) is 126 Å². The van der Waals surface area contributed by atoms with Crippen molar-refractivity contribution in [1.29, 1.82) is 0 Å². The van der Waals surface area contributed by atoms with Crippen LogP contribution in [0.2, 0.25) is 0 Å². The Hall–Kier alpha value is -4.44. The molecule has 0 spiro atoms. The lowest BCUT2D eigenvalue weighted by Crippen LogP contribution is -2.38. The molecule has 3 heterocycles. The molecule has 6 rings (SSSR count). The normalized spacial score (nSPS) is 11.7. The Morgan fingerprint density at radius 3 is 1.76 bits per heavy atom. The van der Waals surface area contributed by atoms with Crippen molar-refractivity contribution in [1.82, 2.24) is 19.2 Å². The minimum absolute atomic E-state index is 0.619. The summed E-state index contributed by atoms with van der Waals surface area (Å²) in [5, 5.41) is 5.15. The first kappa shape index (κ1) is 20.2. The zero-order valence-electron chi connectivity index (χ0n) is 18.9. The van der Waals surface area contributed by atoms with Gasteiger partial charge in [-0.2, -0.15) is 5.10 Å². The molecule has 4 heteroatoms. The summed E-state index contributed by atoms with van der Waals surface area (Å²) in [6.45, 7) is 2.08. The fourth-order valence-electron chi connectivity index (χ4n) is 4.93. The Balaban J connectivity index is 1.65. The lowest BCUT2D eigenvalue weighted by atomic mass is 9.77. The van der Waals surface area contributed by atoms with Crippen molar-refractivity contribution in [2.24, 2.45) is 0 Å². The van der Waals surface area contributed by atoms with E-state index in [4.69, 9.17) is 5.10 Å². The van der Waals surface area contributed by atoms with Gasteiger partial charge in [-0.3, -0.25) is 4.68 Å². The monoisotopic (exact) mass is 440 g/mol. The number of fused-ring (bicyclic) bond motifs is 1. The summed E-state index contributed by atoms with van der Waals surface area (Å²) in [5.41, 5.74) is 6.98. The summed E-state index contributed by atoms with van der Waals surface area (Å²) in [5.74, 6) is 0. The summed E-state index contributed by atoms with van der Waals surface area (Å²) in [7, 11) is 0. The standard InChI is InChI=1S/C30H24N4/c1-23-28(24-17-18-29-31-19-20-33(29)21-24)22-34(32-23)30(25-11-5-2-6-12-25,26-13-7-3-8-14-26)27-15-9-4-10-16-27/h2-22H,1H3. The second kappa shape index (κ2) is 8.16. The van der Waals surface area contributed by atoms with Gasteiger partial charge in [0.1, 0.15) is 11.2 Å². The van der Waals surface area contributed by atoms with Gasteiger partial charge >= 0.3 is 0 Å². The first-order chi connectivity index (χ1) is 16.8. The molecule has 0 unspecified atom stereocenters.